The second-order valence-electron chi connectivity index (χ2n) is 9.28. The number of benzene rings is 1. The summed E-state index contributed by atoms with van der Waals surface area (Å²) in [4.78, 5) is 55.7. The predicted molar refractivity (Wildman–Crippen MR) is 131 cm³/mol. The second kappa shape index (κ2) is 9.90. The number of nitrogens with one attached hydrogen (secondary N) is 2. The normalized spacial score (nSPS) is 13.7. The minimum absolute atomic E-state index is 0.139. The Morgan fingerprint density at radius 3 is 2.26 bits per heavy atom. The Morgan fingerprint density at radius 1 is 1.09 bits per heavy atom. The number of anilines is 3. The third-order valence-electron chi connectivity index (χ3n) is 5.86. The van der Waals surface area contributed by atoms with E-state index in [0.717, 1.165) is 11.3 Å². The summed E-state index contributed by atoms with van der Waals surface area (Å²) in [6, 6.07) is 6.74. The van der Waals surface area contributed by atoms with Crippen LogP contribution in [0.2, 0.25) is 5.02 Å². The lowest BCUT2D eigenvalue weighted by molar-refractivity contribution is -0.191. The van der Waals surface area contributed by atoms with E-state index in [1.165, 1.54) is 0 Å². The van der Waals surface area contributed by atoms with Crippen LogP contribution in [0.15, 0.2) is 38.3 Å². The van der Waals surface area contributed by atoms with Gasteiger partial charge in [0, 0.05) is 23.7 Å². The summed E-state index contributed by atoms with van der Waals surface area (Å²) in [5.74, 6) is 1.28. The van der Waals surface area contributed by atoms with Crippen LogP contribution in [0, 0.1) is 12.3 Å². The van der Waals surface area contributed by atoms with Gasteiger partial charge in [0.2, 0.25) is 0 Å². The molecule has 1 atom stereocenters. The van der Waals surface area contributed by atoms with Gasteiger partial charge in [0.15, 0.2) is 0 Å². The maximum absolute atomic E-state index is 12.8. The molecule has 0 radical (unpaired) electrons. The van der Waals surface area contributed by atoms with Gasteiger partial charge in [-0.1, -0.05) is 32.4 Å². The third-order valence-corrected chi connectivity index (χ3v) is 6.21. The third kappa shape index (κ3) is 4.92. The number of furan rings is 1. The van der Waals surface area contributed by atoms with E-state index < -0.39 is 10.9 Å². The lowest BCUT2D eigenvalue weighted by Crippen LogP contribution is -2.39. The van der Waals surface area contributed by atoms with Gasteiger partial charge >= 0.3 is 6.15 Å². The van der Waals surface area contributed by atoms with Gasteiger partial charge in [0.25, 0.3) is 16.8 Å². The summed E-state index contributed by atoms with van der Waals surface area (Å²) in [5, 5.41) is 6.75. The van der Waals surface area contributed by atoms with E-state index in [4.69, 9.17) is 25.6 Å². The number of halogens is 1. The number of nitrogens with zero attached hydrogens (tertiary/aromatic N) is 1. The van der Waals surface area contributed by atoms with Crippen LogP contribution in [0.25, 0.3) is 0 Å². The smallest absolute Gasteiger partial charge is 0.373 e. The molecule has 35 heavy (non-hydrogen) atoms. The summed E-state index contributed by atoms with van der Waals surface area (Å²) in [5.41, 5.74) is 0.407. The van der Waals surface area contributed by atoms with Crippen molar-refractivity contribution in [1.29, 1.82) is 0 Å². The van der Waals surface area contributed by atoms with Gasteiger partial charge in [-0.2, -0.15) is 9.59 Å². The molecule has 0 bridgehead atoms. The lowest BCUT2D eigenvalue weighted by Gasteiger charge is -2.31. The molecule has 9 nitrogen and oxygen atoms in total. The molecule has 0 fully saturated rings. The number of fused-ring (bicyclic) bond motifs is 1. The highest BCUT2D eigenvalue weighted by Gasteiger charge is 2.35. The highest BCUT2D eigenvalue weighted by molar-refractivity contribution is 6.32. The fourth-order valence-corrected chi connectivity index (χ4v) is 4.27. The van der Waals surface area contributed by atoms with Crippen LogP contribution in [-0.2, 0) is 16.1 Å². The first-order valence-electron chi connectivity index (χ1n) is 11.0. The Hall–Kier alpha value is -3.68. The van der Waals surface area contributed by atoms with Gasteiger partial charge in [-0.05, 0) is 43.5 Å². The molecular formula is C25H26ClN3O6. The van der Waals surface area contributed by atoms with E-state index in [9.17, 15) is 14.4 Å². The van der Waals surface area contributed by atoms with Crippen LogP contribution < -0.4 is 21.5 Å². The Labute approximate surface area is 206 Å². The van der Waals surface area contributed by atoms with Crippen molar-refractivity contribution in [2.24, 2.45) is 5.41 Å². The van der Waals surface area contributed by atoms with Crippen LogP contribution in [0.4, 0.5) is 17.1 Å². The molecule has 0 saturated heterocycles. The fraction of sp³-hybridized carbons (Fsp3) is 0.360. The first-order valence-corrected chi connectivity index (χ1v) is 11.3. The Balaban J connectivity index is 0.00000108. The molecule has 4 rings (SSSR count). The minimum Gasteiger partial charge on any atom is -0.464 e. The molecule has 1 amide bonds. The number of aryl methyl sites for hydroxylation is 1. The largest absolute Gasteiger partial charge is 0.464 e. The standard InChI is InChI=1S/C24H26ClN3O4.CO2/c1-6-28-11-13-14(25)8-9-15(17(13)23(28)31)26-18-19(21(30)20(18)29)27-22(24(3,4)5)16-10-7-12(2)32-16;2-1-3/h7-10,22,26-27H,6,11H2,1-5H3;/t22-;/m0./s1. The van der Waals surface area contributed by atoms with E-state index >= 15 is 0 Å². The van der Waals surface area contributed by atoms with Crippen LogP contribution in [-0.4, -0.2) is 23.5 Å². The fourth-order valence-electron chi connectivity index (χ4n) is 4.05. The van der Waals surface area contributed by atoms with Crippen molar-refractivity contribution in [3.63, 3.8) is 0 Å². The summed E-state index contributed by atoms with van der Waals surface area (Å²) in [7, 11) is 0. The second-order valence-corrected chi connectivity index (χ2v) is 9.68. The number of hydrogen-bond donors (Lipinski definition) is 2. The zero-order valence-electron chi connectivity index (χ0n) is 20.1. The molecule has 0 saturated carbocycles. The Morgan fingerprint density at radius 2 is 1.71 bits per heavy atom. The van der Waals surface area contributed by atoms with E-state index in [1.54, 1.807) is 17.0 Å². The van der Waals surface area contributed by atoms with Gasteiger partial charge < -0.3 is 20.0 Å². The van der Waals surface area contributed by atoms with E-state index in [1.807, 2.05) is 46.8 Å². The molecule has 0 aliphatic carbocycles. The molecule has 0 spiro atoms. The minimum atomic E-state index is -0.628. The molecular weight excluding hydrogens is 474 g/mol. The van der Waals surface area contributed by atoms with Crippen molar-refractivity contribution >= 4 is 40.7 Å². The molecule has 1 aliphatic rings. The maximum atomic E-state index is 12.8. The van der Waals surface area contributed by atoms with Crippen molar-refractivity contribution in [1.82, 2.24) is 4.90 Å². The highest BCUT2D eigenvalue weighted by Crippen LogP contribution is 2.39. The molecule has 184 valence electrons. The number of hydrogen-bond acceptors (Lipinski definition) is 8. The van der Waals surface area contributed by atoms with Crippen LogP contribution in [0.5, 0.6) is 0 Å². The summed E-state index contributed by atoms with van der Waals surface area (Å²) in [6.45, 7) is 10.8. The monoisotopic (exact) mass is 499 g/mol. The number of amides is 1. The zero-order valence-corrected chi connectivity index (χ0v) is 20.8. The Kier molecular flexibility index (Phi) is 7.33. The summed E-state index contributed by atoms with van der Waals surface area (Å²) < 4.78 is 5.80. The lowest BCUT2D eigenvalue weighted by atomic mass is 9.85. The van der Waals surface area contributed by atoms with Crippen molar-refractivity contribution in [3.05, 3.63) is 72.4 Å². The van der Waals surface area contributed by atoms with Crippen molar-refractivity contribution < 1.29 is 18.8 Å². The number of rotatable bonds is 6. The molecule has 1 aliphatic heterocycles. The van der Waals surface area contributed by atoms with Crippen molar-refractivity contribution in [2.75, 3.05) is 17.2 Å². The van der Waals surface area contributed by atoms with Gasteiger partial charge in [0.05, 0.1) is 17.3 Å². The molecule has 1 aromatic heterocycles. The topological polar surface area (TPSA) is 126 Å². The van der Waals surface area contributed by atoms with Crippen LogP contribution in [0.3, 0.4) is 0 Å². The van der Waals surface area contributed by atoms with E-state index in [-0.39, 0.29) is 34.9 Å². The molecule has 2 heterocycles. The quantitative estimate of drug-likeness (QED) is 0.484. The van der Waals surface area contributed by atoms with Crippen molar-refractivity contribution in [2.45, 2.75) is 47.2 Å². The van der Waals surface area contributed by atoms with E-state index in [2.05, 4.69) is 10.6 Å². The van der Waals surface area contributed by atoms with E-state index in [0.29, 0.717) is 35.1 Å². The molecule has 2 aromatic carbocycles. The summed E-state index contributed by atoms with van der Waals surface area (Å²) >= 11 is 6.32. The van der Waals surface area contributed by atoms with Gasteiger partial charge in [0.1, 0.15) is 22.9 Å². The molecule has 0 unspecified atom stereocenters. The highest BCUT2D eigenvalue weighted by atomic mass is 35.5. The van der Waals surface area contributed by atoms with Gasteiger partial charge in [-0.25, -0.2) is 0 Å². The number of carbonyl (C=O) groups is 1. The van der Waals surface area contributed by atoms with Crippen molar-refractivity contribution in [3.8, 4) is 0 Å². The SMILES string of the molecule is CCN1Cc2c(Cl)ccc(Nc3c(N[C@@H](c4ccc(C)o4)C(C)(C)C)c(=O)c3=O)c2C1=O.O=C=O. The Bertz CT molecular complexity index is 1370. The van der Waals surface area contributed by atoms with Crippen LogP contribution in [0.1, 0.15) is 61.2 Å². The maximum Gasteiger partial charge on any atom is 0.373 e. The molecule has 2 N–H and O–H groups in total. The molecule has 3 aromatic rings. The summed E-state index contributed by atoms with van der Waals surface area (Å²) in [6.07, 6.45) is 0.250. The van der Waals surface area contributed by atoms with Gasteiger partial charge in [-0.3, -0.25) is 14.4 Å². The molecule has 10 heteroatoms. The average molecular weight is 500 g/mol. The number of carbonyl (C=O) groups excluding carboxylic acids is 3. The average Bonchev–Trinajstić information content (AvgIpc) is 3.37. The zero-order chi connectivity index (χ0) is 26.1. The van der Waals surface area contributed by atoms with Crippen LogP contribution >= 0.6 is 11.6 Å². The predicted octanol–water partition coefficient (Wildman–Crippen LogP) is 4.17. The first-order chi connectivity index (χ1) is 16.4. The van der Waals surface area contributed by atoms with Gasteiger partial charge in [-0.15, -0.1) is 0 Å². The first kappa shape index (κ1) is 25.9.